The largest absolute Gasteiger partial charge is 0.340 e. The monoisotopic (exact) mass is 491 g/mol. The highest BCUT2D eigenvalue weighted by Gasteiger charge is 2.35. The van der Waals surface area contributed by atoms with E-state index in [4.69, 9.17) is 0 Å². The summed E-state index contributed by atoms with van der Waals surface area (Å²) in [6.45, 7) is 5.42. The molecule has 35 heavy (non-hydrogen) atoms. The maximum absolute atomic E-state index is 14.0. The third kappa shape index (κ3) is 6.35. The summed E-state index contributed by atoms with van der Waals surface area (Å²) in [6, 6.07) is 18.2. The van der Waals surface area contributed by atoms with Crippen LogP contribution in [0.4, 0.5) is 0 Å². The molecule has 1 aliphatic rings. The zero-order valence-electron chi connectivity index (χ0n) is 20.3. The van der Waals surface area contributed by atoms with Crippen LogP contribution in [0.1, 0.15) is 48.3 Å². The van der Waals surface area contributed by atoms with Gasteiger partial charge in [-0.05, 0) is 54.8 Å². The average Bonchev–Trinajstić information content (AvgIpc) is 3.18. The van der Waals surface area contributed by atoms with E-state index in [1.165, 1.54) is 11.3 Å². The standard InChI is InChI=1S/C28H33N3O3S/c1-19(2)15-22(30-27(33)26-16-21-11-6-7-13-25(21)35-26)28(34)31(18-20-9-4-3-5-10-20)23-12-8-14-29-17-24(23)32/h3-7,9-11,13,16,19,22-23,29H,8,12,14-15,17-18H2,1-2H3,(H,30,33)/t22-,23?/m0/s1. The summed E-state index contributed by atoms with van der Waals surface area (Å²) in [4.78, 5) is 42.5. The summed E-state index contributed by atoms with van der Waals surface area (Å²) in [6.07, 6.45) is 1.93. The second-order valence-corrected chi connectivity index (χ2v) is 10.6. The molecule has 2 N–H and O–H groups in total. The van der Waals surface area contributed by atoms with E-state index in [0.29, 0.717) is 24.3 Å². The van der Waals surface area contributed by atoms with E-state index in [1.54, 1.807) is 4.90 Å². The first-order valence-electron chi connectivity index (χ1n) is 12.3. The van der Waals surface area contributed by atoms with Gasteiger partial charge in [-0.3, -0.25) is 14.4 Å². The predicted molar refractivity (Wildman–Crippen MR) is 140 cm³/mol. The van der Waals surface area contributed by atoms with Crippen LogP contribution in [0.15, 0.2) is 60.7 Å². The fraction of sp³-hybridized carbons (Fsp3) is 0.393. The van der Waals surface area contributed by atoms with Crippen molar-refractivity contribution in [1.82, 2.24) is 15.5 Å². The molecule has 1 aliphatic heterocycles. The fourth-order valence-electron chi connectivity index (χ4n) is 4.58. The Balaban J connectivity index is 1.61. The van der Waals surface area contributed by atoms with Crippen LogP contribution in [0, 0.1) is 5.92 Å². The Morgan fingerprint density at radius 1 is 1.11 bits per heavy atom. The molecule has 4 rings (SSSR count). The molecule has 184 valence electrons. The normalized spacial score (nSPS) is 17.2. The Morgan fingerprint density at radius 3 is 2.60 bits per heavy atom. The molecule has 7 heteroatoms. The van der Waals surface area contributed by atoms with Crippen molar-refractivity contribution in [3.8, 4) is 0 Å². The van der Waals surface area contributed by atoms with E-state index >= 15 is 0 Å². The lowest BCUT2D eigenvalue weighted by Gasteiger charge is -2.34. The smallest absolute Gasteiger partial charge is 0.262 e. The van der Waals surface area contributed by atoms with E-state index in [-0.39, 0.29) is 30.1 Å². The van der Waals surface area contributed by atoms with Crippen LogP contribution < -0.4 is 10.6 Å². The summed E-state index contributed by atoms with van der Waals surface area (Å²) in [7, 11) is 0. The Hall–Kier alpha value is -3.03. The Labute approximate surface area is 210 Å². The number of hydrogen-bond acceptors (Lipinski definition) is 5. The molecule has 6 nitrogen and oxygen atoms in total. The van der Waals surface area contributed by atoms with Crippen molar-refractivity contribution in [1.29, 1.82) is 0 Å². The molecule has 2 amide bonds. The van der Waals surface area contributed by atoms with Crippen molar-refractivity contribution >= 4 is 39.0 Å². The van der Waals surface area contributed by atoms with Gasteiger partial charge in [-0.1, -0.05) is 62.4 Å². The molecule has 2 heterocycles. The summed E-state index contributed by atoms with van der Waals surface area (Å²) in [5, 5.41) is 7.18. The fourth-order valence-corrected chi connectivity index (χ4v) is 5.54. The summed E-state index contributed by atoms with van der Waals surface area (Å²) in [5.74, 6) is -0.237. The summed E-state index contributed by atoms with van der Waals surface area (Å²) >= 11 is 1.42. The van der Waals surface area contributed by atoms with Crippen molar-refractivity contribution < 1.29 is 14.4 Å². The number of benzene rings is 2. The number of nitrogens with one attached hydrogen (secondary N) is 2. The van der Waals surface area contributed by atoms with Crippen LogP contribution in [-0.4, -0.2) is 47.7 Å². The molecule has 1 aromatic heterocycles. The molecule has 1 unspecified atom stereocenters. The second kappa shape index (κ2) is 11.6. The first-order valence-corrected chi connectivity index (χ1v) is 13.1. The number of Topliss-reactive ketones (excluding diaryl/α,β-unsaturated/α-hetero) is 1. The molecule has 0 aliphatic carbocycles. The zero-order chi connectivity index (χ0) is 24.8. The van der Waals surface area contributed by atoms with Crippen molar-refractivity contribution in [2.45, 2.75) is 51.7 Å². The maximum Gasteiger partial charge on any atom is 0.262 e. The lowest BCUT2D eigenvalue weighted by molar-refractivity contribution is -0.142. The number of nitrogens with zero attached hydrogens (tertiary/aromatic N) is 1. The average molecular weight is 492 g/mol. The van der Waals surface area contributed by atoms with Crippen molar-refractivity contribution in [2.24, 2.45) is 5.92 Å². The Morgan fingerprint density at radius 2 is 1.86 bits per heavy atom. The highest BCUT2D eigenvalue weighted by molar-refractivity contribution is 7.20. The minimum atomic E-state index is -0.708. The van der Waals surface area contributed by atoms with E-state index in [2.05, 4.69) is 10.6 Å². The number of ketones is 1. The molecule has 0 spiro atoms. The van der Waals surface area contributed by atoms with Gasteiger partial charge in [0.2, 0.25) is 5.91 Å². The minimum absolute atomic E-state index is 0.0194. The molecule has 1 fully saturated rings. The first kappa shape index (κ1) is 25.1. The lowest BCUT2D eigenvalue weighted by Crippen LogP contribution is -2.54. The highest BCUT2D eigenvalue weighted by atomic mass is 32.1. The van der Waals surface area contributed by atoms with Crippen LogP contribution in [0.3, 0.4) is 0 Å². The maximum atomic E-state index is 14.0. The number of carbonyl (C=O) groups is 3. The van der Waals surface area contributed by atoms with Gasteiger partial charge in [0.1, 0.15) is 6.04 Å². The minimum Gasteiger partial charge on any atom is -0.340 e. The Bertz CT molecular complexity index is 1140. The van der Waals surface area contributed by atoms with Gasteiger partial charge in [0.25, 0.3) is 5.91 Å². The van der Waals surface area contributed by atoms with Gasteiger partial charge >= 0.3 is 0 Å². The van der Waals surface area contributed by atoms with Gasteiger partial charge in [-0.15, -0.1) is 11.3 Å². The third-order valence-electron chi connectivity index (χ3n) is 6.32. The second-order valence-electron chi connectivity index (χ2n) is 9.56. The van der Waals surface area contributed by atoms with E-state index in [0.717, 1.165) is 28.6 Å². The van der Waals surface area contributed by atoms with Crippen LogP contribution in [0.2, 0.25) is 0 Å². The quantitative estimate of drug-likeness (QED) is 0.490. The molecule has 2 atom stereocenters. The molecule has 2 aromatic carbocycles. The lowest BCUT2D eigenvalue weighted by atomic mass is 9.99. The molecule has 1 saturated heterocycles. The van der Waals surface area contributed by atoms with Gasteiger partial charge in [-0.2, -0.15) is 0 Å². The Kier molecular flexibility index (Phi) is 8.31. The van der Waals surface area contributed by atoms with Gasteiger partial charge in [-0.25, -0.2) is 0 Å². The first-order chi connectivity index (χ1) is 16.9. The number of hydrogen-bond donors (Lipinski definition) is 2. The number of carbonyl (C=O) groups excluding carboxylic acids is 3. The van der Waals surface area contributed by atoms with Crippen molar-refractivity contribution in [3.63, 3.8) is 0 Å². The van der Waals surface area contributed by atoms with Gasteiger partial charge in [0.05, 0.1) is 17.5 Å². The number of rotatable bonds is 8. The topological polar surface area (TPSA) is 78.5 Å². The molecule has 0 saturated carbocycles. The highest BCUT2D eigenvalue weighted by Crippen LogP contribution is 2.26. The molecule has 0 bridgehead atoms. The van der Waals surface area contributed by atoms with Crippen LogP contribution in [0.5, 0.6) is 0 Å². The van der Waals surface area contributed by atoms with Crippen LogP contribution in [0.25, 0.3) is 10.1 Å². The number of fused-ring (bicyclic) bond motifs is 1. The molecule has 3 aromatic rings. The van der Waals surface area contributed by atoms with Crippen molar-refractivity contribution in [3.05, 3.63) is 71.1 Å². The number of thiophene rings is 1. The predicted octanol–water partition coefficient (Wildman–Crippen LogP) is 4.40. The van der Waals surface area contributed by atoms with E-state index < -0.39 is 12.1 Å². The van der Waals surface area contributed by atoms with Crippen LogP contribution >= 0.6 is 11.3 Å². The third-order valence-corrected chi connectivity index (χ3v) is 7.43. The molecule has 0 radical (unpaired) electrons. The summed E-state index contributed by atoms with van der Waals surface area (Å²) < 4.78 is 1.03. The summed E-state index contributed by atoms with van der Waals surface area (Å²) in [5.41, 5.74) is 0.963. The van der Waals surface area contributed by atoms with Gasteiger partial charge < -0.3 is 15.5 Å². The van der Waals surface area contributed by atoms with Crippen LogP contribution in [-0.2, 0) is 16.1 Å². The van der Waals surface area contributed by atoms with Gasteiger partial charge in [0.15, 0.2) is 5.78 Å². The zero-order valence-corrected chi connectivity index (χ0v) is 21.1. The molecular weight excluding hydrogens is 458 g/mol. The SMILES string of the molecule is CC(C)C[C@H](NC(=O)c1cc2ccccc2s1)C(=O)N(Cc1ccccc1)C1CCCNCC1=O. The van der Waals surface area contributed by atoms with Gasteiger partial charge in [0, 0.05) is 11.2 Å². The molecular formula is C28H33N3O3S. The van der Waals surface area contributed by atoms with E-state index in [9.17, 15) is 14.4 Å². The van der Waals surface area contributed by atoms with Crippen molar-refractivity contribution in [2.75, 3.05) is 13.1 Å². The number of amides is 2. The van der Waals surface area contributed by atoms with E-state index in [1.807, 2.05) is 74.5 Å².